The van der Waals surface area contributed by atoms with E-state index in [0.717, 1.165) is 5.69 Å². The number of ether oxygens (including phenoxy) is 1. The Hall–Kier alpha value is -2.38. The fourth-order valence-electron chi connectivity index (χ4n) is 2.17. The Morgan fingerprint density at radius 1 is 1.12 bits per heavy atom. The zero-order chi connectivity index (χ0) is 19.2. The maximum absolute atomic E-state index is 12.2. The molecule has 6 nitrogen and oxygen atoms in total. The molecule has 2 rings (SSSR count). The third kappa shape index (κ3) is 5.31. The first-order chi connectivity index (χ1) is 12.3. The largest absolute Gasteiger partial charge is 0.484 e. The zero-order valence-corrected chi connectivity index (χ0v) is 16.0. The van der Waals surface area contributed by atoms with Crippen LogP contribution in [0, 0.1) is 0 Å². The highest BCUT2D eigenvalue weighted by Crippen LogP contribution is 2.17. The first-order valence-electron chi connectivity index (χ1n) is 8.40. The van der Waals surface area contributed by atoms with Crippen LogP contribution >= 0.6 is 0 Å². The van der Waals surface area contributed by atoms with E-state index in [1.807, 2.05) is 44.2 Å². The molecule has 0 radical (unpaired) electrons. The van der Waals surface area contributed by atoms with E-state index < -0.39 is 10.0 Å². The summed E-state index contributed by atoms with van der Waals surface area (Å²) in [6.07, 6.45) is 0.706. The lowest BCUT2D eigenvalue weighted by Crippen LogP contribution is -2.32. The molecule has 1 N–H and O–H groups in total. The second kappa shape index (κ2) is 8.82. The van der Waals surface area contributed by atoms with Crippen molar-refractivity contribution in [1.82, 2.24) is 4.72 Å². The van der Waals surface area contributed by atoms with Crippen LogP contribution < -0.4 is 14.4 Å². The van der Waals surface area contributed by atoms with E-state index in [4.69, 9.17) is 4.74 Å². The number of carbonyl (C=O) groups is 1. The molecule has 1 atom stereocenters. The summed E-state index contributed by atoms with van der Waals surface area (Å²) in [4.78, 5) is 13.9. The quantitative estimate of drug-likeness (QED) is 0.769. The van der Waals surface area contributed by atoms with Crippen molar-refractivity contribution in [3.63, 3.8) is 0 Å². The highest BCUT2D eigenvalue weighted by Gasteiger charge is 2.17. The van der Waals surface area contributed by atoms with E-state index in [2.05, 4.69) is 4.72 Å². The lowest BCUT2D eigenvalue weighted by atomic mass is 10.3. The highest BCUT2D eigenvalue weighted by molar-refractivity contribution is 7.89. The van der Waals surface area contributed by atoms with Crippen molar-refractivity contribution >= 4 is 21.6 Å². The minimum atomic E-state index is -3.55. The van der Waals surface area contributed by atoms with Gasteiger partial charge in [0.25, 0.3) is 5.91 Å². The zero-order valence-electron chi connectivity index (χ0n) is 15.2. The van der Waals surface area contributed by atoms with Crippen molar-refractivity contribution in [2.75, 3.05) is 18.6 Å². The Bertz CT molecular complexity index is 820. The van der Waals surface area contributed by atoms with Gasteiger partial charge >= 0.3 is 0 Å². The molecule has 0 saturated heterocycles. The number of rotatable bonds is 8. The molecular formula is C19H24N2O4S. The van der Waals surface area contributed by atoms with Gasteiger partial charge in [0.15, 0.2) is 6.61 Å². The Kier molecular flexibility index (Phi) is 6.76. The molecule has 140 valence electrons. The summed E-state index contributed by atoms with van der Waals surface area (Å²) in [5, 5.41) is 0. The van der Waals surface area contributed by atoms with Crippen molar-refractivity contribution < 1.29 is 17.9 Å². The van der Waals surface area contributed by atoms with Gasteiger partial charge in [-0.05, 0) is 49.7 Å². The summed E-state index contributed by atoms with van der Waals surface area (Å²) < 4.78 is 32.5. The number of likely N-dealkylation sites (N-methyl/N-ethyl adjacent to an activating group) is 1. The maximum atomic E-state index is 12.2. The molecule has 0 saturated carbocycles. The summed E-state index contributed by atoms with van der Waals surface area (Å²) in [5.41, 5.74) is 0.777. The molecule has 0 aromatic heterocycles. The van der Waals surface area contributed by atoms with Gasteiger partial charge < -0.3 is 9.64 Å². The van der Waals surface area contributed by atoms with Gasteiger partial charge in [-0.3, -0.25) is 4.79 Å². The number of nitrogens with zero attached hydrogens (tertiary/aromatic N) is 1. The summed E-state index contributed by atoms with van der Waals surface area (Å²) in [6, 6.07) is 15.1. The second-order valence-electron chi connectivity index (χ2n) is 5.98. The van der Waals surface area contributed by atoms with Gasteiger partial charge in [0.2, 0.25) is 10.0 Å². The summed E-state index contributed by atoms with van der Waals surface area (Å²) in [7, 11) is -1.87. The number of benzene rings is 2. The maximum Gasteiger partial charge on any atom is 0.264 e. The molecule has 7 heteroatoms. The number of hydrogen-bond donors (Lipinski definition) is 1. The number of hydrogen-bond acceptors (Lipinski definition) is 4. The minimum Gasteiger partial charge on any atom is -0.484 e. The first-order valence-corrected chi connectivity index (χ1v) is 9.88. The van der Waals surface area contributed by atoms with Gasteiger partial charge in [-0.15, -0.1) is 0 Å². The minimum absolute atomic E-state index is 0.136. The number of carbonyl (C=O) groups excluding carboxylic acids is 1. The van der Waals surface area contributed by atoms with Gasteiger partial charge in [-0.2, -0.15) is 0 Å². The van der Waals surface area contributed by atoms with Crippen molar-refractivity contribution in [2.24, 2.45) is 0 Å². The molecule has 2 aromatic rings. The third-order valence-corrected chi connectivity index (χ3v) is 5.59. The molecule has 0 heterocycles. The molecule has 0 spiro atoms. The normalized spacial score (nSPS) is 12.4. The topological polar surface area (TPSA) is 75.7 Å². The first kappa shape index (κ1) is 19.9. The monoisotopic (exact) mass is 376 g/mol. The fourth-order valence-corrected chi connectivity index (χ4v) is 3.50. The third-order valence-electron chi connectivity index (χ3n) is 3.98. The standard InChI is InChI=1S/C19H24N2O4S/c1-4-15(2)20-26(23,24)18-12-10-17(11-13-18)25-14-19(22)21(3)16-8-6-5-7-9-16/h5-13,15,20H,4,14H2,1-3H3/t15-/m1/s1. The molecule has 1 amide bonds. The van der Waals surface area contributed by atoms with Crippen LogP contribution in [0.2, 0.25) is 0 Å². The van der Waals surface area contributed by atoms with E-state index in [9.17, 15) is 13.2 Å². The van der Waals surface area contributed by atoms with E-state index in [1.165, 1.54) is 17.0 Å². The number of nitrogens with one attached hydrogen (secondary N) is 1. The predicted molar refractivity (Wildman–Crippen MR) is 102 cm³/mol. The van der Waals surface area contributed by atoms with E-state index >= 15 is 0 Å². The molecule has 0 aliphatic rings. The van der Waals surface area contributed by atoms with Crippen molar-refractivity contribution in [1.29, 1.82) is 0 Å². The van der Waals surface area contributed by atoms with Gasteiger partial charge in [0.05, 0.1) is 4.90 Å². The molecule has 0 bridgehead atoms. The number of para-hydroxylation sites is 1. The molecule has 26 heavy (non-hydrogen) atoms. The van der Waals surface area contributed by atoms with Gasteiger partial charge in [-0.1, -0.05) is 25.1 Å². The summed E-state index contributed by atoms with van der Waals surface area (Å²) in [5.74, 6) is 0.230. The molecule has 0 unspecified atom stereocenters. The van der Waals surface area contributed by atoms with Gasteiger partial charge in [-0.25, -0.2) is 13.1 Å². The average Bonchev–Trinajstić information content (AvgIpc) is 2.66. The second-order valence-corrected chi connectivity index (χ2v) is 7.69. The molecule has 0 aliphatic heterocycles. The van der Waals surface area contributed by atoms with Crippen LogP contribution in [0.15, 0.2) is 59.5 Å². The smallest absolute Gasteiger partial charge is 0.264 e. The molecular weight excluding hydrogens is 352 g/mol. The van der Waals surface area contributed by atoms with Crippen LogP contribution in [0.25, 0.3) is 0 Å². The lowest BCUT2D eigenvalue weighted by Gasteiger charge is -2.17. The Balaban J connectivity index is 1.96. The molecule has 0 aliphatic carbocycles. The van der Waals surface area contributed by atoms with E-state index in [-0.39, 0.29) is 23.5 Å². The Labute approximate surface area is 154 Å². The van der Waals surface area contributed by atoms with Crippen LogP contribution in [0.5, 0.6) is 5.75 Å². The predicted octanol–water partition coefficient (Wildman–Crippen LogP) is 2.81. The van der Waals surface area contributed by atoms with E-state index in [0.29, 0.717) is 12.2 Å². The lowest BCUT2D eigenvalue weighted by molar-refractivity contribution is -0.120. The Morgan fingerprint density at radius 2 is 1.73 bits per heavy atom. The van der Waals surface area contributed by atoms with Gasteiger partial charge in [0.1, 0.15) is 5.75 Å². The van der Waals surface area contributed by atoms with E-state index in [1.54, 1.807) is 19.2 Å². The number of anilines is 1. The highest BCUT2D eigenvalue weighted by atomic mass is 32.2. The van der Waals surface area contributed by atoms with Crippen LogP contribution in [0.3, 0.4) is 0 Å². The molecule has 2 aromatic carbocycles. The van der Waals surface area contributed by atoms with Crippen molar-refractivity contribution in [2.45, 2.75) is 31.2 Å². The summed E-state index contributed by atoms with van der Waals surface area (Å²) in [6.45, 7) is 3.58. The van der Waals surface area contributed by atoms with Crippen molar-refractivity contribution in [3.05, 3.63) is 54.6 Å². The fraction of sp³-hybridized carbons (Fsp3) is 0.316. The van der Waals surface area contributed by atoms with Crippen molar-refractivity contribution in [3.8, 4) is 5.75 Å². The average molecular weight is 376 g/mol. The van der Waals surface area contributed by atoms with Gasteiger partial charge in [0, 0.05) is 18.8 Å². The Morgan fingerprint density at radius 3 is 2.31 bits per heavy atom. The van der Waals surface area contributed by atoms with Crippen LogP contribution in [-0.4, -0.2) is 34.0 Å². The van der Waals surface area contributed by atoms with Crippen LogP contribution in [-0.2, 0) is 14.8 Å². The van der Waals surface area contributed by atoms with Crippen LogP contribution in [0.1, 0.15) is 20.3 Å². The van der Waals surface area contributed by atoms with Crippen LogP contribution in [0.4, 0.5) is 5.69 Å². The summed E-state index contributed by atoms with van der Waals surface area (Å²) >= 11 is 0. The number of sulfonamides is 1. The molecule has 0 fully saturated rings. The SMILES string of the molecule is CC[C@@H](C)NS(=O)(=O)c1ccc(OCC(=O)N(C)c2ccccc2)cc1. The number of amides is 1.